The fourth-order valence-electron chi connectivity index (χ4n) is 2.50. The summed E-state index contributed by atoms with van der Waals surface area (Å²) in [6, 6.07) is 7.02. The molecular formula is C18H17F4N3O2. The van der Waals surface area contributed by atoms with E-state index < -0.39 is 24.5 Å². The molecule has 9 heteroatoms. The second-order valence-electron chi connectivity index (χ2n) is 6.27. The van der Waals surface area contributed by atoms with Gasteiger partial charge in [-0.1, -0.05) is 0 Å². The van der Waals surface area contributed by atoms with Crippen molar-refractivity contribution in [1.29, 1.82) is 0 Å². The summed E-state index contributed by atoms with van der Waals surface area (Å²) in [6.07, 6.45) is -1.67. The number of nitrogens with one attached hydrogen (secondary N) is 1. The average molecular weight is 383 g/mol. The predicted octanol–water partition coefficient (Wildman–Crippen LogP) is 3.82. The molecule has 5 nitrogen and oxygen atoms in total. The molecule has 1 aromatic heterocycles. The van der Waals surface area contributed by atoms with Gasteiger partial charge in [0, 0.05) is 18.8 Å². The van der Waals surface area contributed by atoms with E-state index >= 15 is 0 Å². The Labute approximate surface area is 152 Å². The van der Waals surface area contributed by atoms with Crippen LogP contribution in [-0.2, 0) is 0 Å². The minimum atomic E-state index is -4.46. The number of carbonyl (C=O) groups excluding carboxylic acids is 1. The van der Waals surface area contributed by atoms with Gasteiger partial charge in [-0.2, -0.15) is 13.2 Å². The van der Waals surface area contributed by atoms with Crippen LogP contribution >= 0.6 is 0 Å². The number of alkyl halides is 3. The molecule has 0 saturated heterocycles. The normalized spacial score (nSPS) is 14.0. The molecular weight excluding hydrogens is 366 g/mol. The maximum Gasteiger partial charge on any atom is 0.422 e. The third kappa shape index (κ3) is 5.08. The lowest BCUT2D eigenvalue weighted by Gasteiger charge is -2.20. The van der Waals surface area contributed by atoms with E-state index in [1.807, 2.05) is 0 Å². The van der Waals surface area contributed by atoms with Crippen LogP contribution in [0.15, 0.2) is 36.5 Å². The number of hydrogen-bond acceptors (Lipinski definition) is 4. The van der Waals surface area contributed by atoms with E-state index in [2.05, 4.69) is 10.4 Å². The number of amides is 1. The highest BCUT2D eigenvalue weighted by Gasteiger charge is 2.32. The Hall–Kier alpha value is -2.84. The maximum absolute atomic E-state index is 13.0. The summed E-state index contributed by atoms with van der Waals surface area (Å²) in [4.78, 5) is 16.3. The molecule has 1 N–H and O–H groups in total. The number of aromatic nitrogens is 1. The van der Waals surface area contributed by atoms with Crippen molar-refractivity contribution >= 4 is 11.6 Å². The lowest BCUT2D eigenvalue weighted by atomic mass is 10.1. The topological polar surface area (TPSA) is 54.5 Å². The van der Waals surface area contributed by atoms with Crippen LogP contribution in [0.25, 0.3) is 0 Å². The van der Waals surface area contributed by atoms with E-state index in [-0.39, 0.29) is 17.4 Å². The smallest absolute Gasteiger partial charge is 0.422 e. The van der Waals surface area contributed by atoms with E-state index in [4.69, 9.17) is 4.74 Å². The first-order valence-corrected chi connectivity index (χ1v) is 8.23. The van der Waals surface area contributed by atoms with Crippen molar-refractivity contribution in [2.75, 3.05) is 18.7 Å². The van der Waals surface area contributed by atoms with Crippen LogP contribution in [0.2, 0.25) is 0 Å². The fraction of sp³-hybridized carbons (Fsp3) is 0.333. The summed E-state index contributed by atoms with van der Waals surface area (Å²) in [7, 11) is 1.58. The first-order chi connectivity index (χ1) is 12.7. The van der Waals surface area contributed by atoms with Crippen molar-refractivity contribution < 1.29 is 27.1 Å². The number of pyridine rings is 1. The first kappa shape index (κ1) is 18.9. The minimum absolute atomic E-state index is 0.0447. The Bertz CT molecular complexity index is 820. The van der Waals surface area contributed by atoms with Gasteiger partial charge in [0.1, 0.15) is 5.82 Å². The van der Waals surface area contributed by atoms with Gasteiger partial charge < -0.3 is 4.74 Å². The van der Waals surface area contributed by atoms with E-state index in [9.17, 15) is 22.4 Å². The quantitative estimate of drug-likeness (QED) is 0.609. The molecule has 0 aliphatic heterocycles. The molecule has 0 atom stereocenters. The maximum atomic E-state index is 13.0. The Balaban J connectivity index is 1.73. The van der Waals surface area contributed by atoms with Crippen LogP contribution in [-0.4, -0.2) is 30.7 Å². The van der Waals surface area contributed by atoms with Gasteiger partial charge in [-0.05, 0) is 49.1 Å². The van der Waals surface area contributed by atoms with Gasteiger partial charge in [0.25, 0.3) is 5.91 Å². The third-order valence-electron chi connectivity index (χ3n) is 4.01. The average Bonchev–Trinajstić information content (AvgIpc) is 3.44. The highest BCUT2D eigenvalue weighted by atomic mass is 19.4. The number of carbonyl (C=O) groups is 1. The van der Waals surface area contributed by atoms with Crippen LogP contribution in [0.4, 0.5) is 23.2 Å². The Kier molecular flexibility index (Phi) is 5.20. The van der Waals surface area contributed by atoms with E-state index in [1.165, 1.54) is 41.5 Å². The number of hydrazine groups is 1. The summed E-state index contributed by atoms with van der Waals surface area (Å²) >= 11 is 0. The number of anilines is 1. The second-order valence-corrected chi connectivity index (χ2v) is 6.27. The lowest BCUT2D eigenvalue weighted by molar-refractivity contribution is -0.154. The number of halogens is 4. The molecule has 1 aromatic carbocycles. The molecule has 1 amide bonds. The third-order valence-corrected chi connectivity index (χ3v) is 4.01. The van der Waals surface area contributed by atoms with Gasteiger partial charge in [-0.15, -0.1) is 0 Å². The highest BCUT2D eigenvalue weighted by Crippen LogP contribution is 2.44. The van der Waals surface area contributed by atoms with Crippen LogP contribution < -0.4 is 15.2 Å². The molecule has 1 aliphatic rings. The lowest BCUT2D eigenvalue weighted by Crippen LogP contribution is -2.39. The molecule has 144 valence electrons. The summed E-state index contributed by atoms with van der Waals surface area (Å²) in [5, 5.41) is 1.41. The van der Waals surface area contributed by atoms with Gasteiger partial charge in [0.2, 0.25) is 5.88 Å². The summed E-state index contributed by atoms with van der Waals surface area (Å²) in [6.45, 7) is -1.43. The van der Waals surface area contributed by atoms with Crippen molar-refractivity contribution in [3.63, 3.8) is 0 Å². The molecule has 1 aliphatic carbocycles. The number of rotatable bonds is 6. The second kappa shape index (κ2) is 7.42. The largest absolute Gasteiger partial charge is 0.468 e. The summed E-state index contributed by atoms with van der Waals surface area (Å²) < 4.78 is 54.9. The molecule has 3 rings (SSSR count). The standard InChI is InChI=1S/C18H17F4N3O2/c1-25(14-6-4-13(19)5-7-14)24-16(26)12-8-15(11-2-3-11)17(23-9-12)27-10-18(20,21)22/h4-9,11H,2-3,10H2,1H3,(H,24,26). The van der Waals surface area contributed by atoms with Crippen molar-refractivity contribution in [3.8, 4) is 5.88 Å². The van der Waals surface area contributed by atoms with Crippen molar-refractivity contribution in [1.82, 2.24) is 10.4 Å². The van der Waals surface area contributed by atoms with Gasteiger partial charge in [-0.25, -0.2) is 9.37 Å². The number of nitrogens with zero attached hydrogens (tertiary/aromatic N) is 2. The van der Waals surface area contributed by atoms with Crippen molar-refractivity contribution in [3.05, 3.63) is 53.5 Å². The molecule has 0 radical (unpaired) electrons. The highest BCUT2D eigenvalue weighted by molar-refractivity contribution is 5.95. The van der Waals surface area contributed by atoms with Crippen LogP contribution in [0.3, 0.4) is 0 Å². The minimum Gasteiger partial charge on any atom is -0.468 e. The molecule has 1 fully saturated rings. The number of benzene rings is 1. The van der Waals surface area contributed by atoms with Gasteiger partial charge in [0.15, 0.2) is 6.61 Å². The monoisotopic (exact) mass is 383 g/mol. The van der Waals surface area contributed by atoms with Crippen LogP contribution in [0.5, 0.6) is 5.88 Å². The van der Waals surface area contributed by atoms with Gasteiger partial charge >= 0.3 is 6.18 Å². The zero-order valence-corrected chi connectivity index (χ0v) is 14.4. The molecule has 1 saturated carbocycles. The van der Waals surface area contributed by atoms with Crippen molar-refractivity contribution in [2.24, 2.45) is 0 Å². The predicted molar refractivity (Wildman–Crippen MR) is 90.0 cm³/mol. The van der Waals surface area contributed by atoms with Gasteiger partial charge in [-0.3, -0.25) is 15.2 Å². The zero-order chi connectivity index (χ0) is 19.6. The van der Waals surface area contributed by atoms with Crippen LogP contribution in [0, 0.1) is 5.82 Å². The van der Waals surface area contributed by atoms with E-state index in [0.29, 0.717) is 11.3 Å². The Morgan fingerprint density at radius 2 is 1.96 bits per heavy atom. The van der Waals surface area contributed by atoms with Crippen LogP contribution in [0.1, 0.15) is 34.7 Å². The molecule has 1 heterocycles. The zero-order valence-electron chi connectivity index (χ0n) is 14.4. The molecule has 0 unspecified atom stereocenters. The molecule has 2 aromatic rings. The Morgan fingerprint density at radius 1 is 1.30 bits per heavy atom. The summed E-state index contributed by atoms with van der Waals surface area (Å²) in [5.74, 6) is -0.939. The first-order valence-electron chi connectivity index (χ1n) is 8.23. The van der Waals surface area contributed by atoms with Gasteiger partial charge in [0.05, 0.1) is 11.3 Å². The fourth-order valence-corrected chi connectivity index (χ4v) is 2.50. The molecule has 0 spiro atoms. The number of ether oxygens (including phenoxy) is 1. The summed E-state index contributed by atoms with van der Waals surface area (Å²) in [5.41, 5.74) is 3.86. The van der Waals surface area contributed by atoms with Crippen molar-refractivity contribution in [2.45, 2.75) is 24.9 Å². The van der Waals surface area contributed by atoms with E-state index in [0.717, 1.165) is 12.8 Å². The molecule has 27 heavy (non-hydrogen) atoms. The number of hydrogen-bond donors (Lipinski definition) is 1. The SMILES string of the molecule is CN(NC(=O)c1cnc(OCC(F)(F)F)c(C2CC2)c1)c1ccc(F)cc1. The van der Waals surface area contributed by atoms with E-state index in [1.54, 1.807) is 7.05 Å². The molecule has 0 bridgehead atoms. The Morgan fingerprint density at radius 3 is 2.56 bits per heavy atom.